The third-order valence-corrected chi connectivity index (χ3v) is 6.29. The van der Waals surface area contributed by atoms with Gasteiger partial charge in [0.05, 0.1) is 18.6 Å². The van der Waals surface area contributed by atoms with Crippen LogP contribution in [0.5, 0.6) is 5.75 Å². The summed E-state index contributed by atoms with van der Waals surface area (Å²) in [5.74, 6) is -0.0651. The minimum absolute atomic E-state index is 0.0742. The highest BCUT2D eigenvalue weighted by Gasteiger charge is 2.27. The van der Waals surface area contributed by atoms with Crippen LogP contribution >= 0.6 is 11.6 Å². The molecule has 1 N–H and O–H groups in total. The van der Waals surface area contributed by atoms with E-state index < -0.39 is 21.5 Å². The fraction of sp³-hybridized carbons (Fsp3) is 0.611. The Kier molecular flexibility index (Phi) is 7.58. The first kappa shape index (κ1) is 20.8. The molecule has 1 aromatic rings. The number of benzene rings is 1. The van der Waals surface area contributed by atoms with Gasteiger partial charge in [-0.3, -0.25) is 4.79 Å². The summed E-state index contributed by atoms with van der Waals surface area (Å²) in [4.78, 5) is 14.2. The maximum atomic E-state index is 12.1. The molecule has 146 valence electrons. The Bertz CT molecular complexity index is 724. The number of rotatable bonds is 9. The van der Waals surface area contributed by atoms with Crippen molar-refractivity contribution in [2.75, 3.05) is 36.6 Å². The van der Waals surface area contributed by atoms with Crippen LogP contribution in [0.2, 0.25) is 5.02 Å². The van der Waals surface area contributed by atoms with E-state index in [9.17, 15) is 13.2 Å². The third-order valence-electron chi connectivity index (χ3n) is 4.44. The number of carbonyl (C=O) groups excluding carboxylic acids is 1. The number of nitrogens with zero attached hydrogens (tertiary/aromatic N) is 1. The number of hydrogen-bond donors (Lipinski definition) is 1. The Morgan fingerprint density at radius 2 is 2.15 bits per heavy atom. The van der Waals surface area contributed by atoms with Gasteiger partial charge in [0.25, 0.3) is 0 Å². The highest BCUT2D eigenvalue weighted by molar-refractivity contribution is 7.92. The molecule has 1 heterocycles. The molecule has 1 saturated heterocycles. The van der Waals surface area contributed by atoms with Crippen molar-refractivity contribution in [3.63, 3.8) is 0 Å². The maximum absolute atomic E-state index is 12.1. The quantitative estimate of drug-likeness (QED) is 0.642. The molecule has 1 aromatic carbocycles. The maximum Gasteiger partial charge on any atom is 0.235 e. The predicted molar refractivity (Wildman–Crippen MR) is 105 cm³/mol. The highest BCUT2D eigenvalue weighted by atomic mass is 35.5. The zero-order valence-corrected chi connectivity index (χ0v) is 16.9. The number of methoxy groups -OCH3 is 1. The zero-order chi connectivity index (χ0) is 19.2. The zero-order valence-electron chi connectivity index (χ0n) is 15.3. The van der Waals surface area contributed by atoms with Crippen LogP contribution in [-0.2, 0) is 14.6 Å². The Morgan fingerprint density at radius 3 is 2.85 bits per heavy atom. The summed E-state index contributed by atoms with van der Waals surface area (Å²) in [6, 6.07) is 5.33. The van der Waals surface area contributed by atoms with E-state index in [2.05, 4.69) is 10.2 Å². The van der Waals surface area contributed by atoms with Crippen LogP contribution in [-0.4, -0.2) is 52.1 Å². The lowest BCUT2D eigenvalue weighted by Crippen LogP contribution is -2.40. The van der Waals surface area contributed by atoms with Gasteiger partial charge in [0.1, 0.15) is 11.5 Å². The Hall–Kier alpha value is -1.47. The molecule has 1 unspecified atom stereocenters. The van der Waals surface area contributed by atoms with Gasteiger partial charge >= 0.3 is 0 Å². The number of carbonyl (C=O) groups is 1. The molecule has 1 fully saturated rings. The van der Waals surface area contributed by atoms with Crippen LogP contribution in [0, 0.1) is 0 Å². The molecular formula is C18H27ClN2O4S. The average molecular weight is 403 g/mol. The van der Waals surface area contributed by atoms with Crippen LogP contribution in [0.1, 0.15) is 32.6 Å². The molecule has 6 nitrogen and oxygen atoms in total. The van der Waals surface area contributed by atoms with Crippen molar-refractivity contribution in [1.29, 1.82) is 0 Å². The Morgan fingerprint density at radius 1 is 1.38 bits per heavy atom. The van der Waals surface area contributed by atoms with Gasteiger partial charge in [-0.25, -0.2) is 8.42 Å². The first-order valence-corrected chi connectivity index (χ1v) is 11.1. The number of hydrogen-bond acceptors (Lipinski definition) is 5. The van der Waals surface area contributed by atoms with E-state index in [0.717, 1.165) is 37.2 Å². The van der Waals surface area contributed by atoms with E-state index in [-0.39, 0.29) is 11.8 Å². The van der Waals surface area contributed by atoms with Gasteiger partial charge in [0, 0.05) is 24.2 Å². The first-order valence-electron chi connectivity index (χ1n) is 8.93. The fourth-order valence-electron chi connectivity index (χ4n) is 3.12. The molecule has 0 aliphatic carbocycles. The van der Waals surface area contributed by atoms with E-state index in [4.69, 9.17) is 16.3 Å². The van der Waals surface area contributed by atoms with Crippen molar-refractivity contribution < 1.29 is 17.9 Å². The topological polar surface area (TPSA) is 75.7 Å². The van der Waals surface area contributed by atoms with E-state index in [1.54, 1.807) is 13.2 Å². The smallest absolute Gasteiger partial charge is 0.235 e. The predicted octanol–water partition coefficient (Wildman–Crippen LogP) is 2.65. The van der Waals surface area contributed by atoms with Gasteiger partial charge in [0.2, 0.25) is 5.91 Å². The van der Waals surface area contributed by atoms with Crippen molar-refractivity contribution in [2.24, 2.45) is 0 Å². The summed E-state index contributed by atoms with van der Waals surface area (Å²) < 4.78 is 29.4. The molecule has 8 heteroatoms. The monoisotopic (exact) mass is 402 g/mol. The van der Waals surface area contributed by atoms with Crippen LogP contribution in [0.15, 0.2) is 18.2 Å². The number of amides is 1. The van der Waals surface area contributed by atoms with E-state index in [1.807, 2.05) is 19.1 Å². The van der Waals surface area contributed by atoms with Crippen LogP contribution < -0.4 is 15.0 Å². The number of halogens is 1. The summed E-state index contributed by atoms with van der Waals surface area (Å²) in [7, 11) is -1.74. The van der Waals surface area contributed by atoms with Gasteiger partial charge < -0.3 is 15.0 Å². The Balaban J connectivity index is 1.89. The fourth-order valence-corrected chi connectivity index (χ4v) is 4.56. The second kappa shape index (κ2) is 9.46. The summed E-state index contributed by atoms with van der Waals surface area (Å²) in [5, 5.41) is 3.46. The number of sulfone groups is 1. The van der Waals surface area contributed by atoms with Crippen molar-refractivity contribution in [1.82, 2.24) is 5.32 Å². The number of ether oxygens (including phenoxy) is 1. The molecule has 0 bridgehead atoms. The number of unbranched alkanes of at least 4 members (excludes halogenated alkanes) is 2. The number of anilines is 1. The van der Waals surface area contributed by atoms with Crippen molar-refractivity contribution in [3.8, 4) is 5.75 Å². The second-order valence-corrected chi connectivity index (χ2v) is 9.23. The molecule has 0 spiro atoms. The van der Waals surface area contributed by atoms with Gasteiger partial charge in [-0.05, 0) is 31.0 Å². The van der Waals surface area contributed by atoms with Crippen molar-refractivity contribution in [3.05, 3.63) is 23.2 Å². The van der Waals surface area contributed by atoms with Gasteiger partial charge in [-0.1, -0.05) is 31.4 Å². The van der Waals surface area contributed by atoms with Crippen molar-refractivity contribution >= 4 is 33.0 Å². The molecule has 1 amide bonds. The van der Waals surface area contributed by atoms with Crippen molar-refractivity contribution in [2.45, 2.75) is 38.6 Å². The SMILES string of the molecule is CCCCCS(=O)(=O)CC(=O)NC1CCN(c2cc(Cl)ccc2OC)C1. The summed E-state index contributed by atoms with van der Waals surface area (Å²) >= 11 is 6.08. The lowest BCUT2D eigenvalue weighted by Gasteiger charge is -2.21. The molecule has 26 heavy (non-hydrogen) atoms. The lowest BCUT2D eigenvalue weighted by molar-refractivity contribution is -0.119. The van der Waals surface area contributed by atoms with Gasteiger partial charge in [0.15, 0.2) is 9.84 Å². The molecule has 0 aromatic heterocycles. The molecule has 2 rings (SSSR count). The van der Waals surface area contributed by atoms with Gasteiger partial charge in [-0.15, -0.1) is 0 Å². The summed E-state index contributed by atoms with van der Waals surface area (Å²) in [5.41, 5.74) is 0.879. The minimum atomic E-state index is -3.34. The molecular weight excluding hydrogens is 376 g/mol. The lowest BCUT2D eigenvalue weighted by atomic mass is 10.2. The number of nitrogens with one attached hydrogen (secondary N) is 1. The average Bonchev–Trinajstić information content (AvgIpc) is 3.02. The molecule has 1 aliphatic rings. The summed E-state index contributed by atoms with van der Waals surface area (Å²) in [6.45, 7) is 3.35. The molecule has 1 aliphatic heterocycles. The Labute approximate surface area is 160 Å². The molecule has 0 radical (unpaired) electrons. The molecule has 0 saturated carbocycles. The van der Waals surface area contributed by atoms with E-state index in [1.165, 1.54) is 0 Å². The van der Waals surface area contributed by atoms with Crippen LogP contribution in [0.4, 0.5) is 5.69 Å². The standard InChI is InChI=1S/C18H27ClN2O4S/c1-3-4-5-10-26(23,24)13-18(22)20-15-8-9-21(12-15)16-11-14(19)6-7-17(16)25-2/h6-7,11,15H,3-5,8-10,12-13H2,1-2H3,(H,20,22). The highest BCUT2D eigenvalue weighted by Crippen LogP contribution is 2.33. The van der Waals surface area contributed by atoms with E-state index in [0.29, 0.717) is 18.0 Å². The van der Waals surface area contributed by atoms with E-state index >= 15 is 0 Å². The first-order chi connectivity index (χ1) is 12.3. The largest absolute Gasteiger partial charge is 0.495 e. The summed E-state index contributed by atoms with van der Waals surface area (Å²) in [6.07, 6.45) is 3.17. The van der Waals surface area contributed by atoms with Crippen LogP contribution in [0.25, 0.3) is 0 Å². The normalized spacial score (nSPS) is 17.3. The second-order valence-electron chi connectivity index (χ2n) is 6.61. The van der Waals surface area contributed by atoms with Gasteiger partial charge in [-0.2, -0.15) is 0 Å². The molecule has 1 atom stereocenters. The minimum Gasteiger partial charge on any atom is -0.495 e. The van der Waals surface area contributed by atoms with Crippen LogP contribution in [0.3, 0.4) is 0 Å². The third kappa shape index (κ3) is 6.06.